The molecule has 0 bridgehead atoms. The first-order valence-corrected chi connectivity index (χ1v) is 7.54. The third kappa shape index (κ3) is 3.48. The Morgan fingerprint density at radius 2 is 1.85 bits per heavy atom. The number of nitrogens with one attached hydrogen (secondary N) is 1. The van der Waals surface area contributed by atoms with E-state index in [1.54, 1.807) is 0 Å². The van der Waals surface area contributed by atoms with E-state index in [4.69, 9.17) is 5.11 Å². The summed E-state index contributed by atoms with van der Waals surface area (Å²) < 4.78 is 3.02. The molecule has 0 saturated heterocycles. The van der Waals surface area contributed by atoms with E-state index in [1.807, 2.05) is 36.0 Å². The smallest absolute Gasteiger partial charge is 0.0767 e. The molecular weight excluding hydrogens is 318 g/mol. The van der Waals surface area contributed by atoms with Crippen LogP contribution >= 0.6 is 15.9 Å². The molecule has 0 amide bonds. The quantitative estimate of drug-likeness (QED) is 0.851. The molecule has 0 aliphatic carbocycles. The van der Waals surface area contributed by atoms with E-state index >= 15 is 0 Å². The molecule has 2 N–H and O–H groups in total. The van der Waals surface area contributed by atoms with Crippen molar-refractivity contribution in [2.75, 3.05) is 0 Å². The summed E-state index contributed by atoms with van der Waals surface area (Å²) in [6, 6.07) is 7.97. The Kier molecular flexibility index (Phi) is 5.34. The first kappa shape index (κ1) is 15.2. The Bertz CT molecular complexity index is 563. The lowest BCUT2D eigenvalue weighted by Crippen LogP contribution is -2.15. The van der Waals surface area contributed by atoms with Crippen LogP contribution in [-0.4, -0.2) is 14.9 Å². The van der Waals surface area contributed by atoms with Gasteiger partial charge in [-0.2, -0.15) is 5.10 Å². The number of aliphatic hydroxyl groups excluding tert-OH is 1. The molecule has 0 radical (unpaired) electrons. The van der Waals surface area contributed by atoms with E-state index in [9.17, 15) is 0 Å². The van der Waals surface area contributed by atoms with Crippen LogP contribution in [0.4, 0.5) is 0 Å². The Hall–Kier alpha value is -1.17. The molecule has 0 unspecified atom stereocenters. The summed E-state index contributed by atoms with van der Waals surface area (Å²) in [5.74, 6) is 0. The lowest BCUT2D eigenvalue weighted by molar-refractivity contribution is 0.282. The fraction of sp³-hybridized carbons (Fsp3) is 0.400. The van der Waals surface area contributed by atoms with Crippen LogP contribution in [-0.2, 0) is 33.2 Å². The van der Waals surface area contributed by atoms with E-state index in [0.29, 0.717) is 0 Å². The highest BCUT2D eigenvalue weighted by Crippen LogP contribution is 2.21. The molecule has 2 rings (SSSR count). The van der Waals surface area contributed by atoms with Gasteiger partial charge in [0.2, 0.25) is 0 Å². The molecular formula is C15H20BrN3O. The Morgan fingerprint density at radius 1 is 1.20 bits per heavy atom. The van der Waals surface area contributed by atoms with Gasteiger partial charge in [-0.1, -0.05) is 31.2 Å². The van der Waals surface area contributed by atoms with Crippen LogP contribution in [0, 0.1) is 0 Å². The van der Waals surface area contributed by atoms with Gasteiger partial charge in [0.15, 0.2) is 0 Å². The number of benzene rings is 1. The average molecular weight is 338 g/mol. The Labute approximate surface area is 127 Å². The van der Waals surface area contributed by atoms with Crippen molar-refractivity contribution in [3.63, 3.8) is 0 Å². The summed E-state index contributed by atoms with van der Waals surface area (Å²) in [6.07, 6.45) is 0.928. The second-order valence-electron chi connectivity index (χ2n) is 4.76. The van der Waals surface area contributed by atoms with Gasteiger partial charge in [-0.05, 0) is 33.5 Å². The van der Waals surface area contributed by atoms with Gasteiger partial charge >= 0.3 is 0 Å². The molecule has 5 heteroatoms. The second-order valence-corrected chi connectivity index (χ2v) is 5.56. The van der Waals surface area contributed by atoms with Gasteiger partial charge in [-0.3, -0.25) is 4.68 Å². The van der Waals surface area contributed by atoms with Crippen LogP contribution in [0.1, 0.15) is 29.4 Å². The van der Waals surface area contributed by atoms with E-state index < -0.39 is 0 Å². The molecule has 2 aromatic rings. The van der Waals surface area contributed by atoms with E-state index in [0.717, 1.165) is 40.9 Å². The fourth-order valence-corrected chi connectivity index (χ4v) is 2.86. The van der Waals surface area contributed by atoms with Gasteiger partial charge in [0.05, 0.1) is 22.5 Å². The standard InChI is InChI=1S/C15H20BrN3O/c1-3-13-15(16)14(19(2)18-13)9-17-8-11-4-6-12(10-20)7-5-11/h4-7,17,20H,3,8-10H2,1-2H3. The minimum Gasteiger partial charge on any atom is -0.392 e. The molecule has 108 valence electrons. The average Bonchev–Trinajstić information content (AvgIpc) is 2.75. The van der Waals surface area contributed by atoms with Crippen molar-refractivity contribution in [3.05, 3.63) is 51.3 Å². The second kappa shape index (κ2) is 7.02. The number of hydrogen-bond donors (Lipinski definition) is 2. The zero-order chi connectivity index (χ0) is 14.5. The highest BCUT2D eigenvalue weighted by atomic mass is 79.9. The minimum atomic E-state index is 0.0927. The predicted molar refractivity (Wildman–Crippen MR) is 83.2 cm³/mol. The van der Waals surface area contributed by atoms with Gasteiger partial charge in [-0.15, -0.1) is 0 Å². The van der Waals surface area contributed by atoms with Gasteiger partial charge in [0, 0.05) is 20.1 Å². The first-order chi connectivity index (χ1) is 9.65. The summed E-state index contributed by atoms with van der Waals surface area (Å²) in [6.45, 7) is 3.76. The van der Waals surface area contributed by atoms with Gasteiger partial charge < -0.3 is 10.4 Å². The van der Waals surface area contributed by atoms with Crippen LogP contribution in [0.15, 0.2) is 28.7 Å². The van der Waals surface area contributed by atoms with Crippen molar-refractivity contribution in [1.82, 2.24) is 15.1 Å². The molecule has 0 fully saturated rings. The van der Waals surface area contributed by atoms with Crippen molar-refractivity contribution in [2.45, 2.75) is 33.0 Å². The molecule has 1 aromatic heterocycles. The molecule has 0 spiro atoms. The van der Waals surface area contributed by atoms with E-state index in [1.165, 1.54) is 5.56 Å². The monoisotopic (exact) mass is 337 g/mol. The number of hydrogen-bond acceptors (Lipinski definition) is 3. The molecule has 0 aliphatic rings. The maximum atomic E-state index is 9.01. The predicted octanol–water partition coefficient (Wildman–Crippen LogP) is 2.53. The van der Waals surface area contributed by atoms with Crippen LogP contribution in [0.2, 0.25) is 0 Å². The highest BCUT2D eigenvalue weighted by Gasteiger charge is 2.11. The van der Waals surface area contributed by atoms with Crippen molar-refractivity contribution in [1.29, 1.82) is 0 Å². The largest absolute Gasteiger partial charge is 0.392 e. The number of aliphatic hydroxyl groups is 1. The van der Waals surface area contributed by atoms with Crippen LogP contribution in [0.5, 0.6) is 0 Å². The molecule has 0 aliphatic heterocycles. The molecule has 0 saturated carbocycles. The number of rotatable bonds is 6. The third-order valence-corrected chi connectivity index (χ3v) is 4.25. The van der Waals surface area contributed by atoms with Crippen molar-refractivity contribution < 1.29 is 5.11 Å². The Balaban J connectivity index is 1.94. The first-order valence-electron chi connectivity index (χ1n) is 6.75. The van der Waals surface area contributed by atoms with E-state index in [2.05, 4.69) is 33.3 Å². The van der Waals surface area contributed by atoms with Crippen LogP contribution < -0.4 is 5.32 Å². The number of halogens is 1. The number of aromatic nitrogens is 2. The number of nitrogens with zero attached hydrogens (tertiary/aromatic N) is 2. The van der Waals surface area contributed by atoms with Crippen molar-refractivity contribution in [2.24, 2.45) is 7.05 Å². The van der Waals surface area contributed by atoms with Gasteiger partial charge in [0.1, 0.15) is 0 Å². The zero-order valence-electron chi connectivity index (χ0n) is 11.9. The normalized spacial score (nSPS) is 11.0. The summed E-state index contributed by atoms with van der Waals surface area (Å²) >= 11 is 3.62. The maximum absolute atomic E-state index is 9.01. The topological polar surface area (TPSA) is 50.1 Å². The summed E-state index contributed by atoms with van der Waals surface area (Å²) in [4.78, 5) is 0. The van der Waals surface area contributed by atoms with Crippen molar-refractivity contribution in [3.8, 4) is 0 Å². The van der Waals surface area contributed by atoms with Crippen LogP contribution in [0.3, 0.4) is 0 Å². The van der Waals surface area contributed by atoms with E-state index in [-0.39, 0.29) is 6.61 Å². The van der Waals surface area contributed by atoms with Gasteiger partial charge in [0.25, 0.3) is 0 Å². The van der Waals surface area contributed by atoms with Crippen molar-refractivity contribution >= 4 is 15.9 Å². The SMILES string of the molecule is CCc1nn(C)c(CNCc2ccc(CO)cc2)c1Br. The molecule has 0 atom stereocenters. The molecule has 4 nitrogen and oxygen atoms in total. The number of aryl methyl sites for hydroxylation is 2. The molecule has 1 aromatic carbocycles. The summed E-state index contributed by atoms with van der Waals surface area (Å²) in [5, 5.41) is 16.9. The van der Waals surface area contributed by atoms with Gasteiger partial charge in [-0.25, -0.2) is 0 Å². The summed E-state index contributed by atoms with van der Waals surface area (Å²) in [5.41, 5.74) is 4.40. The summed E-state index contributed by atoms with van der Waals surface area (Å²) in [7, 11) is 1.97. The lowest BCUT2D eigenvalue weighted by atomic mass is 10.1. The van der Waals surface area contributed by atoms with Crippen LogP contribution in [0.25, 0.3) is 0 Å². The lowest BCUT2D eigenvalue weighted by Gasteiger charge is -2.07. The molecule has 20 heavy (non-hydrogen) atoms. The Morgan fingerprint density at radius 3 is 2.40 bits per heavy atom. The fourth-order valence-electron chi connectivity index (χ4n) is 2.10. The third-order valence-electron chi connectivity index (χ3n) is 3.33. The minimum absolute atomic E-state index is 0.0927. The maximum Gasteiger partial charge on any atom is 0.0767 e. The molecule has 1 heterocycles. The highest BCUT2D eigenvalue weighted by molar-refractivity contribution is 9.10. The zero-order valence-corrected chi connectivity index (χ0v) is 13.4.